The molecule has 0 radical (unpaired) electrons. The maximum Gasteiger partial charge on any atom is 0.125 e. The number of hydrogen-bond donors (Lipinski definition) is 2. The highest BCUT2D eigenvalue weighted by Gasteiger charge is 2.07. The molecule has 0 saturated heterocycles. The van der Waals surface area contributed by atoms with E-state index in [0.29, 0.717) is 11.4 Å². The third-order valence-corrected chi connectivity index (χ3v) is 3.30. The molecule has 3 rings (SSSR count). The summed E-state index contributed by atoms with van der Waals surface area (Å²) in [5.74, 6) is -0.279. The SMILES string of the molecule is Cc1ccc(F)cc1Nc1ccc2ncccc2c1N. The molecule has 100 valence electrons. The zero-order valence-electron chi connectivity index (χ0n) is 11.0. The van der Waals surface area contributed by atoms with Crippen molar-refractivity contribution in [2.75, 3.05) is 11.1 Å². The van der Waals surface area contributed by atoms with Crippen LogP contribution in [0.1, 0.15) is 5.56 Å². The van der Waals surface area contributed by atoms with Gasteiger partial charge in [-0.05, 0) is 48.9 Å². The summed E-state index contributed by atoms with van der Waals surface area (Å²) in [7, 11) is 0. The van der Waals surface area contributed by atoms with E-state index in [1.54, 1.807) is 12.3 Å². The first-order valence-corrected chi connectivity index (χ1v) is 6.31. The van der Waals surface area contributed by atoms with Crippen LogP contribution in [0.5, 0.6) is 0 Å². The molecule has 0 amide bonds. The van der Waals surface area contributed by atoms with Crippen molar-refractivity contribution in [3.8, 4) is 0 Å². The van der Waals surface area contributed by atoms with Crippen LogP contribution in [0.25, 0.3) is 10.9 Å². The normalized spacial score (nSPS) is 10.7. The Labute approximate surface area is 116 Å². The lowest BCUT2D eigenvalue weighted by Crippen LogP contribution is -1.99. The number of rotatable bonds is 2. The Balaban J connectivity index is 2.07. The van der Waals surface area contributed by atoms with E-state index in [2.05, 4.69) is 10.3 Å². The van der Waals surface area contributed by atoms with Crippen LogP contribution in [0, 0.1) is 12.7 Å². The Kier molecular flexibility index (Phi) is 2.99. The highest BCUT2D eigenvalue weighted by Crippen LogP contribution is 2.31. The van der Waals surface area contributed by atoms with Crippen molar-refractivity contribution in [1.29, 1.82) is 0 Å². The lowest BCUT2D eigenvalue weighted by atomic mass is 10.1. The van der Waals surface area contributed by atoms with Gasteiger partial charge in [0.25, 0.3) is 0 Å². The van der Waals surface area contributed by atoms with Crippen molar-refractivity contribution < 1.29 is 4.39 Å². The van der Waals surface area contributed by atoms with Gasteiger partial charge in [-0.1, -0.05) is 6.07 Å². The standard InChI is InChI=1S/C16H14FN3/c1-10-4-5-11(17)9-15(10)20-14-7-6-13-12(16(14)18)3-2-8-19-13/h2-9,20H,18H2,1H3. The predicted octanol–water partition coefficient (Wildman–Crippen LogP) is 4.01. The summed E-state index contributed by atoms with van der Waals surface area (Å²) < 4.78 is 13.3. The van der Waals surface area contributed by atoms with Gasteiger partial charge in [-0.25, -0.2) is 4.39 Å². The van der Waals surface area contributed by atoms with Gasteiger partial charge < -0.3 is 11.1 Å². The molecule has 0 atom stereocenters. The average molecular weight is 267 g/mol. The molecular weight excluding hydrogens is 253 g/mol. The molecule has 1 aromatic heterocycles. The molecule has 3 aromatic rings. The number of fused-ring (bicyclic) bond motifs is 1. The zero-order chi connectivity index (χ0) is 14.1. The lowest BCUT2D eigenvalue weighted by Gasteiger charge is -2.13. The van der Waals surface area contributed by atoms with Crippen molar-refractivity contribution in [3.05, 3.63) is 60.0 Å². The molecule has 1 heterocycles. The van der Waals surface area contributed by atoms with Crippen LogP contribution in [0.3, 0.4) is 0 Å². The minimum atomic E-state index is -0.279. The van der Waals surface area contributed by atoms with Crippen LogP contribution in [-0.2, 0) is 0 Å². The van der Waals surface area contributed by atoms with E-state index in [1.165, 1.54) is 12.1 Å². The van der Waals surface area contributed by atoms with E-state index in [0.717, 1.165) is 22.2 Å². The van der Waals surface area contributed by atoms with E-state index < -0.39 is 0 Å². The number of nitrogens with one attached hydrogen (secondary N) is 1. The number of aromatic nitrogens is 1. The van der Waals surface area contributed by atoms with Gasteiger partial charge in [0.1, 0.15) is 5.82 Å². The molecule has 3 nitrogen and oxygen atoms in total. The Morgan fingerprint density at radius 1 is 1.10 bits per heavy atom. The summed E-state index contributed by atoms with van der Waals surface area (Å²) in [4.78, 5) is 4.25. The number of nitrogens with two attached hydrogens (primary N) is 1. The molecule has 20 heavy (non-hydrogen) atoms. The molecule has 0 spiro atoms. The molecular formula is C16H14FN3. The molecule has 0 bridgehead atoms. The topological polar surface area (TPSA) is 50.9 Å². The molecule has 0 aliphatic rings. The van der Waals surface area contributed by atoms with E-state index in [1.807, 2.05) is 31.2 Å². The van der Waals surface area contributed by atoms with Gasteiger partial charge in [0.05, 0.1) is 16.9 Å². The molecule has 0 unspecified atom stereocenters. The summed E-state index contributed by atoms with van der Waals surface area (Å²) in [6.45, 7) is 1.92. The summed E-state index contributed by atoms with van der Waals surface area (Å²) in [5.41, 5.74) is 10.0. The zero-order valence-corrected chi connectivity index (χ0v) is 11.0. The first-order chi connectivity index (χ1) is 9.65. The van der Waals surface area contributed by atoms with Gasteiger partial charge in [0, 0.05) is 17.3 Å². The lowest BCUT2D eigenvalue weighted by molar-refractivity contribution is 0.628. The van der Waals surface area contributed by atoms with Gasteiger partial charge >= 0.3 is 0 Å². The molecule has 0 aliphatic heterocycles. The van der Waals surface area contributed by atoms with Gasteiger partial charge in [-0.15, -0.1) is 0 Å². The van der Waals surface area contributed by atoms with Crippen LogP contribution in [0.15, 0.2) is 48.7 Å². The Morgan fingerprint density at radius 2 is 1.95 bits per heavy atom. The number of nitrogens with zero attached hydrogens (tertiary/aromatic N) is 1. The molecule has 0 fully saturated rings. The Bertz CT molecular complexity index is 784. The minimum absolute atomic E-state index is 0.279. The fourth-order valence-electron chi connectivity index (χ4n) is 2.16. The second-order valence-corrected chi connectivity index (χ2v) is 4.68. The van der Waals surface area contributed by atoms with E-state index >= 15 is 0 Å². The first-order valence-electron chi connectivity index (χ1n) is 6.31. The first kappa shape index (κ1) is 12.4. The molecule has 0 aliphatic carbocycles. The summed E-state index contributed by atoms with van der Waals surface area (Å²) in [6.07, 6.45) is 1.73. The maximum absolute atomic E-state index is 13.3. The monoisotopic (exact) mass is 267 g/mol. The van der Waals surface area contributed by atoms with E-state index in [9.17, 15) is 4.39 Å². The van der Waals surface area contributed by atoms with Crippen LogP contribution in [-0.4, -0.2) is 4.98 Å². The Hall–Kier alpha value is -2.62. The second-order valence-electron chi connectivity index (χ2n) is 4.68. The highest BCUT2D eigenvalue weighted by atomic mass is 19.1. The molecule has 4 heteroatoms. The second kappa shape index (κ2) is 4.81. The average Bonchev–Trinajstić information content (AvgIpc) is 2.46. The highest BCUT2D eigenvalue weighted by molar-refractivity contribution is 5.97. The van der Waals surface area contributed by atoms with Gasteiger partial charge in [-0.3, -0.25) is 4.98 Å². The largest absolute Gasteiger partial charge is 0.396 e. The van der Waals surface area contributed by atoms with Gasteiger partial charge in [0.2, 0.25) is 0 Å². The maximum atomic E-state index is 13.3. The summed E-state index contributed by atoms with van der Waals surface area (Å²) in [5, 5.41) is 4.06. The summed E-state index contributed by atoms with van der Waals surface area (Å²) in [6, 6.07) is 12.1. The van der Waals surface area contributed by atoms with E-state index in [4.69, 9.17) is 5.73 Å². The quantitative estimate of drug-likeness (QED) is 0.690. The smallest absolute Gasteiger partial charge is 0.125 e. The third-order valence-electron chi connectivity index (χ3n) is 3.30. The fourth-order valence-corrected chi connectivity index (χ4v) is 2.16. The van der Waals surface area contributed by atoms with Crippen LogP contribution in [0.2, 0.25) is 0 Å². The Morgan fingerprint density at radius 3 is 2.80 bits per heavy atom. The van der Waals surface area contributed by atoms with Crippen molar-refractivity contribution in [1.82, 2.24) is 4.98 Å². The molecule has 3 N–H and O–H groups in total. The van der Waals surface area contributed by atoms with Crippen LogP contribution in [0.4, 0.5) is 21.5 Å². The van der Waals surface area contributed by atoms with Gasteiger partial charge in [0.15, 0.2) is 0 Å². The van der Waals surface area contributed by atoms with Crippen molar-refractivity contribution in [3.63, 3.8) is 0 Å². The third kappa shape index (κ3) is 2.16. The van der Waals surface area contributed by atoms with Crippen LogP contribution >= 0.6 is 0 Å². The summed E-state index contributed by atoms with van der Waals surface area (Å²) >= 11 is 0. The number of halogens is 1. The predicted molar refractivity (Wildman–Crippen MR) is 80.6 cm³/mol. The number of aryl methyl sites for hydroxylation is 1. The number of benzene rings is 2. The van der Waals surface area contributed by atoms with E-state index in [-0.39, 0.29) is 5.82 Å². The number of hydrogen-bond acceptors (Lipinski definition) is 3. The van der Waals surface area contributed by atoms with Crippen molar-refractivity contribution in [2.24, 2.45) is 0 Å². The minimum Gasteiger partial charge on any atom is -0.396 e. The van der Waals surface area contributed by atoms with Crippen molar-refractivity contribution >= 4 is 28.0 Å². The number of pyridine rings is 1. The fraction of sp³-hybridized carbons (Fsp3) is 0.0625. The molecule has 2 aromatic carbocycles. The van der Waals surface area contributed by atoms with Crippen LogP contribution < -0.4 is 11.1 Å². The van der Waals surface area contributed by atoms with Gasteiger partial charge in [-0.2, -0.15) is 0 Å². The molecule has 0 saturated carbocycles. The number of anilines is 3. The number of nitrogen functional groups attached to an aromatic ring is 1. The van der Waals surface area contributed by atoms with Crippen molar-refractivity contribution in [2.45, 2.75) is 6.92 Å².